The number of nitrogens with one attached hydrogen (secondary N) is 1. The lowest BCUT2D eigenvalue weighted by Crippen LogP contribution is -2.38. The van der Waals surface area contributed by atoms with Gasteiger partial charge in [-0.2, -0.15) is 0 Å². The van der Waals surface area contributed by atoms with Gasteiger partial charge < -0.3 is 14.8 Å². The van der Waals surface area contributed by atoms with Crippen molar-refractivity contribution in [2.75, 3.05) is 33.4 Å². The molecule has 176 valence electrons. The lowest BCUT2D eigenvalue weighted by Gasteiger charge is -2.28. The van der Waals surface area contributed by atoms with Crippen LogP contribution >= 0.6 is 0 Å². The van der Waals surface area contributed by atoms with Gasteiger partial charge in [-0.1, -0.05) is 42.5 Å². The summed E-state index contributed by atoms with van der Waals surface area (Å²) in [6.45, 7) is 2.45. The first kappa shape index (κ1) is 23.5. The van der Waals surface area contributed by atoms with Gasteiger partial charge in [0.05, 0.1) is 13.2 Å². The number of methoxy groups -OCH3 is 1. The van der Waals surface area contributed by atoms with Gasteiger partial charge in [-0.05, 0) is 67.9 Å². The van der Waals surface area contributed by atoms with Gasteiger partial charge in [-0.3, -0.25) is 14.5 Å². The number of ketones is 1. The van der Waals surface area contributed by atoms with Crippen molar-refractivity contribution in [2.45, 2.75) is 18.9 Å². The van der Waals surface area contributed by atoms with Crippen LogP contribution in [0.25, 0.3) is 0 Å². The van der Waals surface area contributed by atoms with Gasteiger partial charge in [0.15, 0.2) is 12.4 Å². The second-order valence-corrected chi connectivity index (χ2v) is 8.35. The smallest absolute Gasteiger partial charge is 0.258 e. The maximum absolute atomic E-state index is 12.5. The largest absolute Gasteiger partial charge is 0.497 e. The molecule has 0 bridgehead atoms. The van der Waals surface area contributed by atoms with Gasteiger partial charge in [-0.25, -0.2) is 0 Å². The normalized spacial score (nSPS) is 14.4. The molecular formula is C28H30N2O4. The maximum Gasteiger partial charge on any atom is 0.258 e. The first-order chi connectivity index (χ1) is 16.6. The lowest BCUT2D eigenvalue weighted by molar-refractivity contribution is -0.123. The maximum atomic E-state index is 12.5. The van der Waals surface area contributed by atoms with E-state index in [9.17, 15) is 9.59 Å². The highest BCUT2D eigenvalue weighted by Crippen LogP contribution is 2.27. The molecular weight excluding hydrogens is 428 g/mol. The summed E-state index contributed by atoms with van der Waals surface area (Å²) in [6, 6.07) is 24.1. The molecule has 1 heterocycles. The van der Waals surface area contributed by atoms with E-state index >= 15 is 0 Å². The third-order valence-electron chi connectivity index (χ3n) is 6.07. The molecule has 0 aliphatic carbocycles. The van der Waals surface area contributed by atoms with Gasteiger partial charge in [0, 0.05) is 17.7 Å². The van der Waals surface area contributed by atoms with Gasteiger partial charge in [0.1, 0.15) is 11.5 Å². The van der Waals surface area contributed by atoms with Crippen molar-refractivity contribution in [1.29, 1.82) is 0 Å². The zero-order valence-electron chi connectivity index (χ0n) is 19.4. The van der Waals surface area contributed by atoms with E-state index < -0.39 is 0 Å². The Balaban J connectivity index is 1.31. The Morgan fingerprint density at radius 1 is 0.882 bits per heavy atom. The Morgan fingerprint density at radius 2 is 1.59 bits per heavy atom. The van der Waals surface area contributed by atoms with Gasteiger partial charge in [0.2, 0.25) is 0 Å². The molecule has 6 nitrogen and oxygen atoms in total. The Bertz CT molecular complexity index is 1090. The predicted octanol–water partition coefficient (Wildman–Crippen LogP) is 4.26. The van der Waals surface area contributed by atoms with Crippen LogP contribution in [0.1, 0.15) is 40.4 Å². The van der Waals surface area contributed by atoms with E-state index in [1.54, 1.807) is 43.5 Å². The summed E-state index contributed by atoms with van der Waals surface area (Å²) in [5.74, 6) is 1.13. The molecule has 6 heteroatoms. The van der Waals surface area contributed by atoms with Crippen molar-refractivity contribution < 1.29 is 19.1 Å². The molecule has 0 saturated carbocycles. The van der Waals surface area contributed by atoms with Crippen LogP contribution in [0.15, 0.2) is 78.9 Å². The zero-order valence-corrected chi connectivity index (χ0v) is 19.4. The van der Waals surface area contributed by atoms with Gasteiger partial charge in [0.25, 0.3) is 5.91 Å². The van der Waals surface area contributed by atoms with E-state index in [0.29, 0.717) is 23.4 Å². The molecule has 1 unspecified atom stereocenters. The SMILES string of the molecule is COc1cccc(C(CNC(=O)COc2ccc(C(=O)c3ccccc3)cc2)N2CCCC2)c1. The average molecular weight is 459 g/mol. The molecule has 0 aromatic heterocycles. The molecule has 3 aromatic rings. The van der Waals surface area contributed by atoms with E-state index in [-0.39, 0.29) is 24.3 Å². The van der Waals surface area contributed by atoms with Crippen molar-refractivity contribution in [1.82, 2.24) is 10.2 Å². The van der Waals surface area contributed by atoms with Crippen molar-refractivity contribution in [2.24, 2.45) is 0 Å². The summed E-state index contributed by atoms with van der Waals surface area (Å²) in [4.78, 5) is 27.4. The Kier molecular flexibility index (Phi) is 7.94. The van der Waals surface area contributed by atoms with Gasteiger partial charge >= 0.3 is 0 Å². The Labute approximate surface area is 200 Å². The van der Waals surface area contributed by atoms with E-state index in [1.165, 1.54) is 12.8 Å². The van der Waals surface area contributed by atoms with Crippen LogP contribution in [-0.4, -0.2) is 49.9 Å². The number of benzene rings is 3. The molecule has 1 aliphatic rings. The van der Waals surface area contributed by atoms with Crippen LogP contribution < -0.4 is 14.8 Å². The number of carbonyl (C=O) groups is 2. The quantitative estimate of drug-likeness (QED) is 0.460. The van der Waals surface area contributed by atoms with Crippen LogP contribution in [0.3, 0.4) is 0 Å². The number of nitrogens with zero attached hydrogens (tertiary/aromatic N) is 1. The molecule has 1 amide bonds. The molecule has 1 saturated heterocycles. The number of ether oxygens (including phenoxy) is 2. The minimum Gasteiger partial charge on any atom is -0.497 e. The fourth-order valence-corrected chi connectivity index (χ4v) is 4.23. The standard InChI is InChI=1S/C28H30N2O4/c1-33-25-11-7-10-23(18-25)26(30-16-5-6-17-30)19-29-27(31)20-34-24-14-12-22(13-15-24)28(32)21-8-3-2-4-9-21/h2-4,7-15,18,26H,5-6,16-17,19-20H2,1H3,(H,29,31). The van der Waals surface area contributed by atoms with Crippen molar-refractivity contribution in [3.63, 3.8) is 0 Å². The molecule has 1 N–H and O–H groups in total. The van der Waals surface area contributed by atoms with Gasteiger partial charge in [-0.15, -0.1) is 0 Å². The average Bonchev–Trinajstić information content (AvgIpc) is 3.43. The van der Waals surface area contributed by atoms with Crippen LogP contribution in [0.4, 0.5) is 0 Å². The fourth-order valence-electron chi connectivity index (χ4n) is 4.23. The van der Waals surface area contributed by atoms with Crippen LogP contribution in [0, 0.1) is 0 Å². The monoisotopic (exact) mass is 458 g/mol. The van der Waals surface area contributed by atoms with E-state index in [0.717, 1.165) is 24.4 Å². The Hall–Kier alpha value is -3.64. The molecule has 1 fully saturated rings. The second-order valence-electron chi connectivity index (χ2n) is 8.35. The third-order valence-corrected chi connectivity index (χ3v) is 6.07. The highest BCUT2D eigenvalue weighted by Gasteiger charge is 2.24. The van der Waals surface area contributed by atoms with Crippen LogP contribution in [-0.2, 0) is 4.79 Å². The summed E-state index contributed by atoms with van der Waals surface area (Å²) < 4.78 is 11.0. The lowest BCUT2D eigenvalue weighted by atomic mass is 10.0. The second kappa shape index (κ2) is 11.5. The molecule has 1 atom stereocenters. The number of carbonyl (C=O) groups excluding carboxylic acids is 2. The highest BCUT2D eigenvalue weighted by atomic mass is 16.5. The number of likely N-dealkylation sites (tertiary alicyclic amines) is 1. The first-order valence-electron chi connectivity index (χ1n) is 11.6. The molecule has 0 radical (unpaired) electrons. The van der Waals surface area contributed by atoms with Crippen molar-refractivity contribution in [3.8, 4) is 11.5 Å². The van der Waals surface area contributed by atoms with Crippen molar-refractivity contribution in [3.05, 3.63) is 95.6 Å². The Morgan fingerprint density at radius 3 is 2.29 bits per heavy atom. The zero-order chi connectivity index (χ0) is 23.8. The molecule has 4 rings (SSSR count). The fraction of sp³-hybridized carbons (Fsp3) is 0.286. The number of hydrogen-bond donors (Lipinski definition) is 1. The van der Waals surface area contributed by atoms with Crippen LogP contribution in [0.2, 0.25) is 0 Å². The number of amides is 1. The highest BCUT2D eigenvalue weighted by molar-refractivity contribution is 6.08. The van der Waals surface area contributed by atoms with E-state index in [1.807, 2.05) is 36.4 Å². The number of hydrogen-bond acceptors (Lipinski definition) is 5. The first-order valence-corrected chi connectivity index (χ1v) is 11.6. The molecule has 3 aromatic carbocycles. The summed E-state index contributed by atoms with van der Waals surface area (Å²) >= 11 is 0. The topological polar surface area (TPSA) is 67.9 Å². The summed E-state index contributed by atoms with van der Waals surface area (Å²) in [5.41, 5.74) is 2.34. The third kappa shape index (κ3) is 6.02. The minimum absolute atomic E-state index is 0.0459. The minimum atomic E-state index is -0.184. The summed E-state index contributed by atoms with van der Waals surface area (Å²) in [6.07, 6.45) is 2.33. The van der Waals surface area contributed by atoms with Crippen molar-refractivity contribution >= 4 is 11.7 Å². The molecule has 34 heavy (non-hydrogen) atoms. The predicted molar refractivity (Wildman–Crippen MR) is 131 cm³/mol. The summed E-state index contributed by atoms with van der Waals surface area (Å²) in [5, 5.41) is 3.02. The molecule has 0 spiro atoms. The summed E-state index contributed by atoms with van der Waals surface area (Å²) in [7, 11) is 1.66. The number of rotatable bonds is 10. The van der Waals surface area contributed by atoms with E-state index in [4.69, 9.17) is 9.47 Å². The van der Waals surface area contributed by atoms with Crippen LogP contribution in [0.5, 0.6) is 11.5 Å². The molecule has 1 aliphatic heterocycles. The van der Waals surface area contributed by atoms with E-state index in [2.05, 4.69) is 16.3 Å².